The van der Waals surface area contributed by atoms with Crippen molar-refractivity contribution in [2.24, 2.45) is 0 Å². The van der Waals surface area contributed by atoms with E-state index in [9.17, 15) is 0 Å². The van der Waals surface area contributed by atoms with E-state index in [-0.39, 0.29) is 25.9 Å². The molecule has 0 heterocycles. The Morgan fingerprint density at radius 3 is 2.50 bits per heavy atom. The predicted molar refractivity (Wildman–Crippen MR) is 51.9 cm³/mol. The van der Waals surface area contributed by atoms with Crippen LogP contribution in [0.3, 0.4) is 0 Å². The van der Waals surface area contributed by atoms with Gasteiger partial charge in [-0.15, -0.1) is 0 Å². The Bertz CT molecular complexity index is 233. The van der Waals surface area contributed by atoms with Gasteiger partial charge in [0.2, 0.25) is 0 Å². The van der Waals surface area contributed by atoms with E-state index in [1.807, 2.05) is 25.1 Å². The summed E-state index contributed by atoms with van der Waals surface area (Å²) in [6.45, 7) is 2.01. The normalized spacial score (nSPS) is 8.70. The minimum absolute atomic E-state index is 0. The van der Waals surface area contributed by atoms with E-state index in [2.05, 4.69) is 15.9 Å². The Morgan fingerprint density at radius 1 is 1.50 bits per heavy atom. The summed E-state index contributed by atoms with van der Waals surface area (Å²) in [7, 11) is 0. The van der Waals surface area contributed by atoms with Crippen LogP contribution in [0.5, 0.6) is 0 Å². The van der Waals surface area contributed by atoms with Crippen LogP contribution in [0.15, 0.2) is 22.7 Å². The van der Waals surface area contributed by atoms with E-state index >= 15 is 0 Å². The monoisotopic (exact) mass is 230 g/mol. The average Bonchev–Trinajstić information content (AvgIpc) is 1.80. The molecule has 10 heavy (non-hydrogen) atoms. The second-order valence-electron chi connectivity index (χ2n) is 1.89. The molecule has 0 radical (unpaired) electrons. The fourth-order valence-corrected chi connectivity index (χ4v) is 1.08. The second kappa shape index (κ2) is 4.60. The SMILES string of the molecule is Cc1cc(Cl)ccc1Br.[H-].[H-].[Mg+2]. The van der Waals surface area contributed by atoms with Crippen molar-refractivity contribution in [3.8, 4) is 0 Å². The molecule has 0 aliphatic rings. The van der Waals surface area contributed by atoms with E-state index in [0.717, 1.165) is 9.50 Å². The molecule has 0 nitrogen and oxygen atoms in total. The summed E-state index contributed by atoms with van der Waals surface area (Å²) in [6, 6.07) is 5.72. The van der Waals surface area contributed by atoms with Gasteiger partial charge in [0.1, 0.15) is 0 Å². The van der Waals surface area contributed by atoms with Crippen LogP contribution in [-0.4, -0.2) is 23.1 Å². The largest absolute Gasteiger partial charge is 2.00 e. The van der Waals surface area contributed by atoms with E-state index in [0.29, 0.717) is 0 Å². The number of rotatable bonds is 0. The molecule has 1 aromatic rings. The van der Waals surface area contributed by atoms with Crippen molar-refractivity contribution in [2.75, 3.05) is 0 Å². The predicted octanol–water partition coefficient (Wildman–Crippen LogP) is 3.26. The van der Waals surface area contributed by atoms with E-state index in [1.165, 1.54) is 5.56 Å². The van der Waals surface area contributed by atoms with Gasteiger partial charge in [-0.2, -0.15) is 0 Å². The van der Waals surface area contributed by atoms with Crippen LogP contribution < -0.4 is 0 Å². The third-order valence-corrected chi connectivity index (χ3v) is 2.24. The maximum atomic E-state index is 5.70. The molecule has 52 valence electrons. The van der Waals surface area contributed by atoms with Crippen molar-refractivity contribution < 1.29 is 2.85 Å². The number of halogens is 2. The van der Waals surface area contributed by atoms with Crippen molar-refractivity contribution >= 4 is 50.6 Å². The number of hydrogen-bond acceptors (Lipinski definition) is 0. The maximum absolute atomic E-state index is 5.70. The molecule has 0 N–H and O–H groups in total. The van der Waals surface area contributed by atoms with E-state index in [1.54, 1.807) is 0 Å². The molecule has 0 spiro atoms. The molecule has 0 saturated heterocycles. The Hall–Kier alpha value is 0.756. The molecule has 0 aliphatic heterocycles. The zero-order valence-corrected chi connectivity index (χ0v) is 9.45. The van der Waals surface area contributed by atoms with Crippen molar-refractivity contribution in [3.63, 3.8) is 0 Å². The molecular weight excluding hydrogens is 224 g/mol. The zero-order chi connectivity index (χ0) is 6.85. The van der Waals surface area contributed by atoms with Gasteiger partial charge in [-0.1, -0.05) is 27.5 Å². The summed E-state index contributed by atoms with van der Waals surface area (Å²) in [5.74, 6) is 0. The van der Waals surface area contributed by atoms with Crippen molar-refractivity contribution in [3.05, 3.63) is 33.3 Å². The van der Waals surface area contributed by atoms with Gasteiger partial charge in [0, 0.05) is 9.50 Å². The van der Waals surface area contributed by atoms with Gasteiger partial charge < -0.3 is 2.85 Å². The maximum Gasteiger partial charge on any atom is 2.00 e. The van der Waals surface area contributed by atoms with Crippen LogP contribution in [0.25, 0.3) is 0 Å². The van der Waals surface area contributed by atoms with Crippen LogP contribution in [0, 0.1) is 6.92 Å². The number of aryl methyl sites for hydroxylation is 1. The first-order valence-corrected chi connectivity index (χ1v) is 3.79. The minimum Gasteiger partial charge on any atom is -1.00 e. The first-order chi connectivity index (χ1) is 4.20. The smallest absolute Gasteiger partial charge is 1.00 e. The molecule has 0 unspecified atom stereocenters. The van der Waals surface area contributed by atoms with Crippen molar-refractivity contribution in [1.82, 2.24) is 0 Å². The van der Waals surface area contributed by atoms with Crippen LogP contribution in [0.4, 0.5) is 0 Å². The van der Waals surface area contributed by atoms with Gasteiger partial charge in [0.15, 0.2) is 0 Å². The average molecular weight is 232 g/mol. The fourth-order valence-electron chi connectivity index (χ4n) is 0.608. The second-order valence-corrected chi connectivity index (χ2v) is 3.18. The van der Waals surface area contributed by atoms with Gasteiger partial charge in [-0.25, -0.2) is 0 Å². The molecule has 0 atom stereocenters. The zero-order valence-electron chi connectivity index (χ0n) is 7.70. The Labute approximate surface area is 93.2 Å². The summed E-state index contributed by atoms with van der Waals surface area (Å²) < 4.78 is 1.10. The third-order valence-electron chi connectivity index (χ3n) is 1.12. The first kappa shape index (κ1) is 10.8. The van der Waals surface area contributed by atoms with Gasteiger partial charge in [0.25, 0.3) is 0 Å². The quantitative estimate of drug-likeness (QED) is 0.602. The summed E-state index contributed by atoms with van der Waals surface area (Å²) in [5, 5.41) is 0.788. The van der Waals surface area contributed by atoms with Crippen LogP contribution in [0.1, 0.15) is 8.42 Å². The molecule has 0 saturated carbocycles. The van der Waals surface area contributed by atoms with Gasteiger partial charge in [0.05, 0.1) is 0 Å². The Morgan fingerprint density at radius 2 is 2.10 bits per heavy atom. The van der Waals surface area contributed by atoms with Gasteiger partial charge in [-0.3, -0.25) is 0 Å². The van der Waals surface area contributed by atoms with E-state index in [4.69, 9.17) is 11.6 Å². The molecule has 1 aromatic carbocycles. The van der Waals surface area contributed by atoms with Gasteiger partial charge in [-0.05, 0) is 30.7 Å². The van der Waals surface area contributed by atoms with Crippen LogP contribution >= 0.6 is 27.5 Å². The molecule has 0 amide bonds. The van der Waals surface area contributed by atoms with Crippen molar-refractivity contribution in [1.29, 1.82) is 0 Å². The molecule has 1 rings (SSSR count). The Kier molecular flexibility index (Phi) is 4.94. The summed E-state index contributed by atoms with van der Waals surface area (Å²) >= 11 is 9.07. The van der Waals surface area contributed by atoms with E-state index < -0.39 is 0 Å². The number of hydrogen-bond donors (Lipinski definition) is 0. The standard InChI is InChI=1S/C7H6BrCl.Mg.2H/c1-5-4-6(9)2-3-7(5)8;;;/h2-4H,1H3;;;/q;+2;2*-1. The summed E-state index contributed by atoms with van der Waals surface area (Å²) in [5.41, 5.74) is 1.17. The van der Waals surface area contributed by atoms with Gasteiger partial charge >= 0.3 is 23.1 Å². The number of benzene rings is 1. The molecule has 0 bridgehead atoms. The summed E-state index contributed by atoms with van der Waals surface area (Å²) in [6.07, 6.45) is 0. The third kappa shape index (κ3) is 2.78. The molecular formula is C7H8BrClMg. The van der Waals surface area contributed by atoms with Crippen LogP contribution in [0.2, 0.25) is 5.02 Å². The first-order valence-electron chi connectivity index (χ1n) is 2.62. The Balaban J connectivity index is -0.000000270. The summed E-state index contributed by atoms with van der Waals surface area (Å²) in [4.78, 5) is 0. The molecule has 3 heteroatoms. The van der Waals surface area contributed by atoms with Crippen LogP contribution in [-0.2, 0) is 0 Å². The topological polar surface area (TPSA) is 0 Å². The van der Waals surface area contributed by atoms with Crippen molar-refractivity contribution in [2.45, 2.75) is 6.92 Å². The molecule has 0 aromatic heterocycles. The molecule has 0 fully saturated rings. The molecule has 0 aliphatic carbocycles. The fraction of sp³-hybridized carbons (Fsp3) is 0.143. The minimum atomic E-state index is 0.